The monoisotopic (exact) mass is 470 g/mol. The van der Waals surface area contributed by atoms with Gasteiger partial charge in [0, 0.05) is 49.8 Å². The molecule has 2 amide bonds. The summed E-state index contributed by atoms with van der Waals surface area (Å²) in [5.41, 5.74) is 1.19. The lowest BCUT2D eigenvalue weighted by Gasteiger charge is -2.37. The molecule has 9 heteroatoms. The van der Waals surface area contributed by atoms with Gasteiger partial charge in [-0.2, -0.15) is 0 Å². The van der Waals surface area contributed by atoms with Gasteiger partial charge in [-0.1, -0.05) is 6.07 Å². The summed E-state index contributed by atoms with van der Waals surface area (Å²) in [5.74, 6) is -1.10. The molecule has 176 valence electrons. The molecule has 8 nitrogen and oxygen atoms in total. The van der Waals surface area contributed by atoms with Crippen LogP contribution in [0, 0.1) is 0 Å². The fourth-order valence-corrected chi connectivity index (χ4v) is 5.08. The van der Waals surface area contributed by atoms with Gasteiger partial charge in [-0.05, 0) is 48.9 Å². The van der Waals surface area contributed by atoms with E-state index in [-0.39, 0.29) is 23.8 Å². The molecule has 2 aromatic rings. The molecule has 2 saturated heterocycles. The number of piperazine rings is 1. The van der Waals surface area contributed by atoms with E-state index >= 15 is 0 Å². The maximum absolute atomic E-state index is 12.5. The Hall–Kier alpha value is -2.91. The highest BCUT2D eigenvalue weighted by atomic mass is 32.1. The van der Waals surface area contributed by atoms with Crippen molar-refractivity contribution in [1.82, 2.24) is 9.80 Å². The van der Waals surface area contributed by atoms with Crippen LogP contribution < -0.4 is 10.2 Å². The number of carboxylic acids is 1. The summed E-state index contributed by atoms with van der Waals surface area (Å²) in [4.78, 5) is 43.9. The number of thiophene rings is 1. The van der Waals surface area contributed by atoms with Crippen molar-refractivity contribution in [2.75, 3.05) is 56.0 Å². The third-order valence-corrected chi connectivity index (χ3v) is 7.10. The molecule has 2 fully saturated rings. The Morgan fingerprint density at radius 2 is 1.73 bits per heavy atom. The average Bonchev–Trinajstić information content (AvgIpc) is 3.33. The van der Waals surface area contributed by atoms with E-state index < -0.39 is 5.97 Å². The maximum atomic E-state index is 12.5. The molecule has 1 aromatic carbocycles. The van der Waals surface area contributed by atoms with Crippen LogP contribution in [0.25, 0.3) is 0 Å². The van der Waals surface area contributed by atoms with Crippen molar-refractivity contribution in [1.29, 1.82) is 0 Å². The molecule has 0 saturated carbocycles. The van der Waals surface area contributed by atoms with Crippen molar-refractivity contribution in [2.24, 2.45) is 0 Å². The first kappa shape index (κ1) is 23.3. The molecule has 0 bridgehead atoms. The molecule has 2 aliphatic heterocycles. The van der Waals surface area contributed by atoms with E-state index in [2.05, 4.69) is 15.1 Å². The lowest BCUT2D eigenvalue weighted by atomic mass is 10.1. The normalized spacial score (nSPS) is 17.1. The number of amides is 2. The molecule has 2 N–H and O–H groups in total. The van der Waals surface area contributed by atoms with Crippen LogP contribution in [0.15, 0.2) is 35.7 Å². The number of carboxylic acid groups (broad SMARTS) is 1. The van der Waals surface area contributed by atoms with Crippen molar-refractivity contribution in [3.05, 3.63) is 46.2 Å². The second-order valence-electron chi connectivity index (χ2n) is 8.54. The maximum Gasteiger partial charge on any atom is 0.337 e. The van der Waals surface area contributed by atoms with Gasteiger partial charge in [0.25, 0.3) is 0 Å². The van der Waals surface area contributed by atoms with E-state index in [1.165, 1.54) is 17.8 Å². The molecular weight excluding hydrogens is 440 g/mol. The van der Waals surface area contributed by atoms with E-state index in [1.807, 2.05) is 28.5 Å². The third kappa shape index (κ3) is 6.11. The number of nitrogens with one attached hydrogen (secondary N) is 1. The number of rotatable bonds is 7. The molecule has 3 heterocycles. The first-order valence-corrected chi connectivity index (χ1v) is 12.3. The van der Waals surface area contributed by atoms with E-state index in [0.29, 0.717) is 12.2 Å². The van der Waals surface area contributed by atoms with Crippen LogP contribution in [0.1, 0.15) is 34.5 Å². The number of carbonyl (C=O) groups is 3. The fourth-order valence-electron chi connectivity index (χ4n) is 4.38. The Morgan fingerprint density at radius 1 is 0.970 bits per heavy atom. The van der Waals surface area contributed by atoms with E-state index in [9.17, 15) is 19.5 Å². The third-order valence-electron chi connectivity index (χ3n) is 6.23. The quantitative estimate of drug-likeness (QED) is 0.647. The molecule has 1 aromatic heterocycles. The number of anilines is 2. The van der Waals surface area contributed by atoms with Crippen LogP contribution in [0.3, 0.4) is 0 Å². The summed E-state index contributed by atoms with van der Waals surface area (Å²) in [6, 6.07) is 8.90. The van der Waals surface area contributed by atoms with Gasteiger partial charge in [-0.25, -0.2) is 4.79 Å². The number of piperidine rings is 1. The van der Waals surface area contributed by atoms with E-state index in [1.54, 1.807) is 12.1 Å². The van der Waals surface area contributed by atoms with Gasteiger partial charge in [-0.15, -0.1) is 11.3 Å². The van der Waals surface area contributed by atoms with Crippen molar-refractivity contribution in [3.63, 3.8) is 0 Å². The summed E-state index contributed by atoms with van der Waals surface area (Å²) in [6.45, 7) is 5.12. The largest absolute Gasteiger partial charge is 0.478 e. The molecule has 2 aliphatic rings. The van der Waals surface area contributed by atoms with Crippen molar-refractivity contribution in [3.8, 4) is 0 Å². The number of nitrogens with zero attached hydrogens (tertiary/aromatic N) is 3. The number of benzene rings is 1. The van der Waals surface area contributed by atoms with Gasteiger partial charge in [0.05, 0.1) is 24.2 Å². The van der Waals surface area contributed by atoms with Crippen LogP contribution in [-0.4, -0.2) is 78.5 Å². The Bertz CT molecular complexity index is 980. The van der Waals surface area contributed by atoms with E-state index in [4.69, 9.17) is 0 Å². The number of carbonyl (C=O) groups excluding carboxylic acids is 2. The first-order valence-electron chi connectivity index (χ1n) is 11.4. The van der Waals surface area contributed by atoms with Gasteiger partial charge in [0.1, 0.15) is 0 Å². The lowest BCUT2D eigenvalue weighted by Crippen LogP contribution is -2.50. The van der Waals surface area contributed by atoms with Gasteiger partial charge in [0.15, 0.2) is 0 Å². The summed E-state index contributed by atoms with van der Waals surface area (Å²) < 4.78 is 0. The molecule has 33 heavy (non-hydrogen) atoms. The molecular formula is C24H30N4O4S. The van der Waals surface area contributed by atoms with Crippen LogP contribution in [-0.2, 0) is 16.0 Å². The molecule has 0 atom stereocenters. The Labute approximate surface area is 197 Å². The second-order valence-corrected chi connectivity index (χ2v) is 9.58. The smallest absolute Gasteiger partial charge is 0.337 e. The van der Waals surface area contributed by atoms with Crippen LogP contribution in [0.2, 0.25) is 0 Å². The molecule has 0 unspecified atom stereocenters. The topological polar surface area (TPSA) is 93.2 Å². The number of aromatic carboxylic acids is 1. The van der Waals surface area contributed by atoms with E-state index in [0.717, 1.165) is 62.7 Å². The lowest BCUT2D eigenvalue weighted by molar-refractivity contribution is -0.133. The zero-order valence-electron chi connectivity index (χ0n) is 18.7. The highest BCUT2D eigenvalue weighted by Gasteiger charge is 2.24. The molecule has 0 aliphatic carbocycles. The van der Waals surface area contributed by atoms with Gasteiger partial charge >= 0.3 is 5.97 Å². The first-order chi connectivity index (χ1) is 16.0. The zero-order valence-corrected chi connectivity index (χ0v) is 19.5. The second kappa shape index (κ2) is 10.8. The molecule has 4 rings (SSSR count). The number of hydrogen-bond acceptors (Lipinski definition) is 6. The highest BCUT2D eigenvalue weighted by molar-refractivity contribution is 7.10. The van der Waals surface area contributed by atoms with Gasteiger partial charge in [0.2, 0.25) is 11.8 Å². The minimum atomic E-state index is -1.07. The highest BCUT2D eigenvalue weighted by Crippen LogP contribution is 2.25. The average molecular weight is 471 g/mol. The molecule has 0 spiro atoms. The summed E-state index contributed by atoms with van der Waals surface area (Å²) in [7, 11) is 0. The Morgan fingerprint density at radius 3 is 2.39 bits per heavy atom. The minimum absolute atomic E-state index is 0.0785. The molecule has 0 radical (unpaired) electrons. The summed E-state index contributed by atoms with van der Waals surface area (Å²) in [6.07, 6.45) is 3.61. The number of likely N-dealkylation sites (tertiary alicyclic amines) is 1. The Balaban J connectivity index is 1.34. The van der Waals surface area contributed by atoms with Crippen molar-refractivity contribution >= 4 is 40.5 Å². The summed E-state index contributed by atoms with van der Waals surface area (Å²) >= 11 is 1.49. The van der Waals surface area contributed by atoms with Gasteiger partial charge < -0.3 is 20.2 Å². The standard InChI is InChI=1S/C24H30N4O4S/c29-22(16-19-5-4-14-33-19)25-21-7-6-18(15-20(21)24(31)32)27-12-10-26(11-13-27)17-23(30)28-8-2-1-3-9-28/h4-7,14-15H,1-3,8-13,16-17H2,(H,25,29)(H,31,32). The minimum Gasteiger partial charge on any atom is -0.478 e. The van der Waals surface area contributed by atoms with Crippen LogP contribution in [0.4, 0.5) is 11.4 Å². The Kier molecular flexibility index (Phi) is 7.61. The number of hydrogen-bond donors (Lipinski definition) is 2. The predicted octanol–water partition coefficient (Wildman–Crippen LogP) is 2.76. The van der Waals surface area contributed by atoms with Crippen LogP contribution in [0.5, 0.6) is 0 Å². The van der Waals surface area contributed by atoms with Crippen molar-refractivity contribution < 1.29 is 19.5 Å². The van der Waals surface area contributed by atoms with Crippen molar-refractivity contribution in [2.45, 2.75) is 25.7 Å². The SMILES string of the molecule is O=C(Cc1cccs1)Nc1ccc(N2CCN(CC(=O)N3CCCCC3)CC2)cc1C(=O)O. The van der Waals surface area contributed by atoms with Crippen LogP contribution >= 0.6 is 11.3 Å². The predicted molar refractivity (Wildman–Crippen MR) is 129 cm³/mol. The zero-order chi connectivity index (χ0) is 23.2. The summed E-state index contributed by atoms with van der Waals surface area (Å²) in [5, 5.41) is 14.3. The van der Waals surface area contributed by atoms with Gasteiger partial charge in [-0.3, -0.25) is 14.5 Å². The fraction of sp³-hybridized carbons (Fsp3) is 0.458.